The first-order valence-corrected chi connectivity index (χ1v) is 11.0. The summed E-state index contributed by atoms with van der Waals surface area (Å²) in [4.78, 5) is 0. The molecule has 32 heavy (non-hydrogen) atoms. The molecule has 5 heteroatoms. The van der Waals surface area contributed by atoms with Gasteiger partial charge in [0, 0.05) is 6.42 Å². The van der Waals surface area contributed by atoms with Gasteiger partial charge in [-0.2, -0.15) is 0 Å². The Morgan fingerprint density at radius 3 is 1.75 bits per heavy atom. The monoisotopic (exact) mass is 434 g/mol. The van der Waals surface area contributed by atoms with Crippen molar-refractivity contribution < 1.29 is 24.1 Å². The lowest BCUT2D eigenvalue weighted by Gasteiger charge is -2.39. The SMILES string of the molecule is O[C@@H]1C[C@@H](OCc2ccccc2)[C@H](OCc2ccccc2)[C@@H](COCc2ccccc2)O1. The third kappa shape index (κ3) is 6.73. The molecular formula is C27H30O5. The second-order valence-corrected chi connectivity index (χ2v) is 7.96. The van der Waals surface area contributed by atoms with Crippen LogP contribution in [-0.4, -0.2) is 36.3 Å². The molecule has 1 saturated heterocycles. The van der Waals surface area contributed by atoms with E-state index in [0.29, 0.717) is 32.8 Å². The zero-order valence-electron chi connectivity index (χ0n) is 18.1. The Morgan fingerprint density at radius 1 is 0.688 bits per heavy atom. The molecule has 0 radical (unpaired) electrons. The van der Waals surface area contributed by atoms with E-state index in [4.69, 9.17) is 18.9 Å². The summed E-state index contributed by atoms with van der Waals surface area (Å²) in [7, 11) is 0. The first kappa shape index (κ1) is 22.6. The number of hydrogen-bond acceptors (Lipinski definition) is 5. The number of aliphatic hydroxyl groups is 1. The molecule has 168 valence electrons. The second kappa shape index (κ2) is 11.9. The number of rotatable bonds is 10. The minimum atomic E-state index is -0.919. The second-order valence-electron chi connectivity index (χ2n) is 7.96. The maximum Gasteiger partial charge on any atom is 0.157 e. The number of hydrogen-bond donors (Lipinski definition) is 1. The fraction of sp³-hybridized carbons (Fsp3) is 0.333. The zero-order valence-corrected chi connectivity index (χ0v) is 18.1. The molecule has 0 amide bonds. The van der Waals surface area contributed by atoms with Crippen molar-refractivity contribution in [2.24, 2.45) is 0 Å². The molecule has 5 nitrogen and oxygen atoms in total. The first-order chi connectivity index (χ1) is 15.8. The molecule has 4 atom stereocenters. The van der Waals surface area contributed by atoms with E-state index in [9.17, 15) is 5.11 Å². The molecule has 1 aliphatic heterocycles. The van der Waals surface area contributed by atoms with Crippen LogP contribution in [0.1, 0.15) is 23.1 Å². The standard InChI is InChI=1S/C27H30O5/c28-26-16-24(30-18-22-12-6-2-7-13-22)27(31-19-23-14-8-3-9-15-23)25(32-26)20-29-17-21-10-4-1-5-11-21/h1-15,24-28H,16-20H2/t24-,25-,26+,27+/m1/s1. The highest BCUT2D eigenvalue weighted by molar-refractivity contribution is 5.15. The van der Waals surface area contributed by atoms with E-state index in [1.807, 2.05) is 91.0 Å². The summed E-state index contributed by atoms with van der Waals surface area (Å²) in [6, 6.07) is 30.0. The van der Waals surface area contributed by atoms with E-state index in [0.717, 1.165) is 16.7 Å². The van der Waals surface area contributed by atoms with Crippen LogP contribution in [0, 0.1) is 0 Å². The lowest BCUT2D eigenvalue weighted by atomic mass is 10.0. The molecule has 0 bridgehead atoms. The number of ether oxygens (including phenoxy) is 4. The Morgan fingerprint density at radius 2 is 1.19 bits per heavy atom. The minimum Gasteiger partial charge on any atom is -0.374 e. The lowest BCUT2D eigenvalue weighted by Crippen LogP contribution is -2.52. The van der Waals surface area contributed by atoms with Crippen LogP contribution in [0.3, 0.4) is 0 Å². The van der Waals surface area contributed by atoms with Gasteiger partial charge in [0.15, 0.2) is 6.29 Å². The van der Waals surface area contributed by atoms with Crippen LogP contribution in [0.4, 0.5) is 0 Å². The summed E-state index contributed by atoms with van der Waals surface area (Å²) in [6.07, 6.45) is -1.68. The van der Waals surface area contributed by atoms with Gasteiger partial charge in [0.2, 0.25) is 0 Å². The van der Waals surface area contributed by atoms with Gasteiger partial charge in [-0.05, 0) is 16.7 Å². The van der Waals surface area contributed by atoms with Gasteiger partial charge in [0.25, 0.3) is 0 Å². The van der Waals surface area contributed by atoms with Gasteiger partial charge in [-0.25, -0.2) is 0 Å². The molecule has 0 saturated carbocycles. The molecule has 0 aromatic heterocycles. The lowest BCUT2D eigenvalue weighted by molar-refractivity contribution is -0.265. The summed E-state index contributed by atoms with van der Waals surface area (Å²) in [5.41, 5.74) is 3.24. The maximum atomic E-state index is 10.4. The molecule has 0 unspecified atom stereocenters. The van der Waals surface area contributed by atoms with Gasteiger partial charge in [-0.15, -0.1) is 0 Å². The number of aliphatic hydroxyl groups excluding tert-OH is 1. The van der Waals surface area contributed by atoms with E-state index in [1.165, 1.54) is 0 Å². The summed E-state index contributed by atoms with van der Waals surface area (Å²) < 4.78 is 24.3. The van der Waals surface area contributed by atoms with Gasteiger partial charge in [-0.3, -0.25) is 0 Å². The van der Waals surface area contributed by atoms with Crippen LogP contribution in [-0.2, 0) is 38.8 Å². The minimum absolute atomic E-state index is 0.302. The quantitative estimate of drug-likeness (QED) is 0.510. The Balaban J connectivity index is 1.42. The van der Waals surface area contributed by atoms with Crippen molar-refractivity contribution in [3.05, 3.63) is 108 Å². The normalized spacial score (nSPS) is 23.2. The third-order valence-corrected chi connectivity index (χ3v) is 5.48. The molecule has 0 aliphatic carbocycles. The fourth-order valence-corrected chi connectivity index (χ4v) is 3.83. The van der Waals surface area contributed by atoms with Gasteiger partial charge in [0.05, 0.1) is 32.5 Å². The van der Waals surface area contributed by atoms with Crippen LogP contribution in [0.5, 0.6) is 0 Å². The highest BCUT2D eigenvalue weighted by atomic mass is 16.6. The van der Waals surface area contributed by atoms with Crippen LogP contribution < -0.4 is 0 Å². The van der Waals surface area contributed by atoms with Crippen molar-refractivity contribution in [1.29, 1.82) is 0 Å². The van der Waals surface area contributed by atoms with Crippen molar-refractivity contribution in [2.75, 3.05) is 6.61 Å². The summed E-state index contributed by atoms with van der Waals surface area (Å²) in [5, 5.41) is 10.4. The van der Waals surface area contributed by atoms with E-state index in [2.05, 4.69) is 0 Å². The topological polar surface area (TPSA) is 57.2 Å². The van der Waals surface area contributed by atoms with Crippen molar-refractivity contribution in [3.8, 4) is 0 Å². The van der Waals surface area contributed by atoms with E-state index in [1.54, 1.807) is 0 Å². The van der Waals surface area contributed by atoms with Crippen LogP contribution in [0.15, 0.2) is 91.0 Å². The predicted molar refractivity (Wildman–Crippen MR) is 122 cm³/mol. The van der Waals surface area contributed by atoms with Crippen molar-refractivity contribution >= 4 is 0 Å². The summed E-state index contributed by atoms with van der Waals surface area (Å²) in [5.74, 6) is 0. The molecule has 3 aromatic rings. The number of benzene rings is 3. The Labute approximate surface area is 189 Å². The largest absolute Gasteiger partial charge is 0.374 e. The highest BCUT2D eigenvalue weighted by Crippen LogP contribution is 2.27. The van der Waals surface area contributed by atoms with Gasteiger partial charge >= 0.3 is 0 Å². The molecule has 1 heterocycles. The van der Waals surface area contributed by atoms with E-state index in [-0.39, 0.29) is 12.2 Å². The summed E-state index contributed by atoms with van der Waals surface area (Å²) >= 11 is 0. The zero-order chi connectivity index (χ0) is 22.0. The first-order valence-electron chi connectivity index (χ1n) is 11.0. The van der Waals surface area contributed by atoms with Gasteiger partial charge < -0.3 is 24.1 Å². The molecular weight excluding hydrogens is 404 g/mol. The van der Waals surface area contributed by atoms with Crippen LogP contribution in [0.25, 0.3) is 0 Å². The molecule has 1 aliphatic rings. The average Bonchev–Trinajstić information content (AvgIpc) is 2.84. The molecule has 3 aromatic carbocycles. The van der Waals surface area contributed by atoms with Crippen LogP contribution >= 0.6 is 0 Å². The van der Waals surface area contributed by atoms with Crippen molar-refractivity contribution in [3.63, 3.8) is 0 Å². The Kier molecular flexibility index (Phi) is 8.42. The summed E-state index contributed by atoms with van der Waals surface area (Å²) in [6.45, 7) is 1.65. The van der Waals surface area contributed by atoms with E-state index < -0.39 is 12.4 Å². The van der Waals surface area contributed by atoms with Gasteiger partial charge in [-0.1, -0.05) is 91.0 Å². The molecule has 1 fully saturated rings. The molecule has 0 spiro atoms. The highest BCUT2D eigenvalue weighted by Gasteiger charge is 2.40. The Hall–Kier alpha value is -2.54. The molecule has 1 N–H and O–H groups in total. The maximum absolute atomic E-state index is 10.4. The molecule has 4 rings (SSSR count). The van der Waals surface area contributed by atoms with E-state index >= 15 is 0 Å². The van der Waals surface area contributed by atoms with Gasteiger partial charge in [0.1, 0.15) is 12.2 Å². The van der Waals surface area contributed by atoms with Crippen LogP contribution in [0.2, 0.25) is 0 Å². The average molecular weight is 435 g/mol. The van der Waals surface area contributed by atoms with Crippen molar-refractivity contribution in [1.82, 2.24) is 0 Å². The smallest absolute Gasteiger partial charge is 0.157 e. The predicted octanol–water partition coefficient (Wildman–Crippen LogP) is 4.48. The third-order valence-electron chi connectivity index (χ3n) is 5.48. The Bertz CT molecular complexity index is 903. The van der Waals surface area contributed by atoms with Crippen molar-refractivity contribution in [2.45, 2.75) is 50.8 Å². The fourth-order valence-electron chi connectivity index (χ4n) is 3.83.